The summed E-state index contributed by atoms with van der Waals surface area (Å²) in [4.78, 5) is 28.8. The van der Waals surface area contributed by atoms with Crippen molar-refractivity contribution in [2.75, 3.05) is 26.2 Å². The van der Waals surface area contributed by atoms with Gasteiger partial charge in [0.15, 0.2) is 5.78 Å². The molecule has 134 valence electrons. The van der Waals surface area contributed by atoms with Crippen molar-refractivity contribution in [3.63, 3.8) is 0 Å². The molecule has 4 heteroatoms. The molecule has 1 fully saturated rings. The molecule has 4 rings (SSSR count). The minimum absolute atomic E-state index is 0.00901. The molecule has 1 aliphatic heterocycles. The summed E-state index contributed by atoms with van der Waals surface area (Å²) in [5.41, 5.74) is 4.15. The van der Waals surface area contributed by atoms with E-state index in [4.69, 9.17) is 0 Å². The highest BCUT2D eigenvalue weighted by Crippen LogP contribution is 2.26. The number of hydrogen-bond donors (Lipinski definition) is 0. The molecule has 1 heterocycles. The molecule has 2 aliphatic rings. The molecule has 0 bridgehead atoms. The number of piperazine rings is 1. The number of Topliss-reactive ketones (excluding diaryl/α,β-unsaturated/α-hetero) is 1. The summed E-state index contributed by atoms with van der Waals surface area (Å²) in [5.74, 6) is 0.0210. The zero-order valence-corrected chi connectivity index (χ0v) is 15.1. The van der Waals surface area contributed by atoms with Gasteiger partial charge in [-0.05, 0) is 43.0 Å². The zero-order valence-electron chi connectivity index (χ0n) is 15.1. The van der Waals surface area contributed by atoms with E-state index in [1.807, 2.05) is 4.90 Å². The van der Waals surface area contributed by atoms with E-state index >= 15 is 0 Å². The number of amides is 1. The molecule has 0 aromatic heterocycles. The molecule has 2 aromatic rings. The lowest BCUT2D eigenvalue weighted by Gasteiger charge is -2.38. The fourth-order valence-electron chi connectivity index (χ4n) is 4.14. The zero-order chi connectivity index (χ0) is 18.1. The lowest BCUT2D eigenvalue weighted by molar-refractivity contribution is 0.0576. The van der Waals surface area contributed by atoms with Crippen molar-refractivity contribution in [2.24, 2.45) is 0 Å². The summed E-state index contributed by atoms with van der Waals surface area (Å²) in [6.07, 6.45) is 2.23. The fourth-order valence-corrected chi connectivity index (χ4v) is 4.14. The predicted molar refractivity (Wildman–Crippen MR) is 102 cm³/mol. The van der Waals surface area contributed by atoms with E-state index in [1.165, 1.54) is 18.1 Å². The monoisotopic (exact) mass is 348 g/mol. The van der Waals surface area contributed by atoms with Crippen LogP contribution in [0.15, 0.2) is 48.5 Å². The van der Waals surface area contributed by atoms with Crippen molar-refractivity contribution in [1.29, 1.82) is 0 Å². The molecule has 0 saturated carbocycles. The van der Waals surface area contributed by atoms with Crippen molar-refractivity contribution in [2.45, 2.75) is 25.8 Å². The first-order chi connectivity index (χ1) is 12.6. The second-order valence-corrected chi connectivity index (χ2v) is 7.30. The first-order valence-electron chi connectivity index (χ1n) is 9.33. The van der Waals surface area contributed by atoms with E-state index in [-0.39, 0.29) is 11.7 Å². The van der Waals surface area contributed by atoms with Crippen molar-refractivity contribution >= 4 is 11.7 Å². The molecule has 0 spiro atoms. The van der Waals surface area contributed by atoms with Crippen LogP contribution in [-0.2, 0) is 12.8 Å². The van der Waals surface area contributed by atoms with E-state index in [0.29, 0.717) is 17.2 Å². The Hall–Kier alpha value is -2.46. The summed E-state index contributed by atoms with van der Waals surface area (Å²) in [7, 11) is 0. The minimum Gasteiger partial charge on any atom is -0.336 e. The molecule has 4 nitrogen and oxygen atoms in total. The average molecular weight is 348 g/mol. The number of carbonyl (C=O) groups excluding carboxylic acids is 2. The minimum atomic E-state index is -0.00901. The van der Waals surface area contributed by atoms with Gasteiger partial charge in [0.05, 0.1) is 0 Å². The third-order valence-corrected chi connectivity index (χ3v) is 5.66. The lowest BCUT2D eigenvalue weighted by atomic mass is 10.1. The van der Waals surface area contributed by atoms with Crippen molar-refractivity contribution in [3.05, 3.63) is 70.8 Å². The van der Waals surface area contributed by atoms with E-state index < -0.39 is 0 Å². The largest absolute Gasteiger partial charge is 0.336 e. The Balaban J connectivity index is 1.37. The molecule has 0 N–H and O–H groups in total. The molecule has 1 saturated heterocycles. The van der Waals surface area contributed by atoms with Gasteiger partial charge in [-0.25, -0.2) is 0 Å². The second kappa shape index (κ2) is 7.04. The van der Waals surface area contributed by atoms with Gasteiger partial charge in [0.1, 0.15) is 0 Å². The molecule has 1 amide bonds. The number of benzene rings is 2. The molecule has 0 atom stereocenters. The fraction of sp³-hybridized carbons (Fsp3) is 0.364. The van der Waals surface area contributed by atoms with E-state index in [2.05, 4.69) is 29.2 Å². The van der Waals surface area contributed by atoms with Crippen LogP contribution in [0, 0.1) is 0 Å². The summed E-state index contributed by atoms with van der Waals surface area (Å²) in [5, 5.41) is 0. The second-order valence-electron chi connectivity index (χ2n) is 7.30. The van der Waals surface area contributed by atoms with Gasteiger partial charge in [0.25, 0.3) is 5.91 Å². The highest BCUT2D eigenvalue weighted by molar-refractivity contribution is 5.99. The quantitative estimate of drug-likeness (QED) is 0.801. The van der Waals surface area contributed by atoms with Gasteiger partial charge in [0, 0.05) is 43.3 Å². The molecule has 1 aliphatic carbocycles. The van der Waals surface area contributed by atoms with Crippen LogP contribution in [0.1, 0.15) is 38.8 Å². The summed E-state index contributed by atoms with van der Waals surface area (Å²) < 4.78 is 0. The predicted octanol–water partition coefficient (Wildman–Crippen LogP) is 2.81. The summed E-state index contributed by atoms with van der Waals surface area (Å²) in [6, 6.07) is 16.3. The van der Waals surface area contributed by atoms with Crippen LogP contribution in [0.3, 0.4) is 0 Å². The van der Waals surface area contributed by atoms with Crippen LogP contribution in [0.5, 0.6) is 0 Å². The number of rotatable bonds is 3. The first-order valence-corrected chi connectivity index (χ1v) is 9.33. The van der Waals surface area contributed by atoms with Crippen molar-refractivity contribution in [1.82, 2.24) is 9.80 Å². The van der Waals surface area contributed by atoms with Gasteiger partial charge >= 0.3 is 0 Å². The number of hydrogen-bond acceptors (Lipinski definition) is 3. The Morgan fingerprint density at radius 2 is 1.46 bits per heavy atom. The summed E-state index contributed by atoms with van der Waals surface area (Å²) in [6.45, 7) is 4.85. The number of carbonyl (C=O) groups is 2. The topological polar surface area (TPSA) is 40.6 Å². The Morgan fingerprint density at radius 3 is 2.08 bits per heavy atom. The molecule has 26 heavy (non-hydrogen) atoms. The maximum Gasteiger partial charge on any atom is 0.253 e. The molecule has 0 radical (unpaired) electrons. The SMILES string of the molecule is CC(=O)c1cccc(C(=O)N2CCN(C3Cc4ccccc4C3)CC2)c1. The van der Waals surface area contributed by atoms with Gasteiger partial charge in [-0.2, -0.15) is 0 Å². The molecular formula is C22H24N2O2. The Morgan fingerprint density at radius 1 is 0.846 bits per heavy atom. The maximum absolute atomic E-state index is 12.8. The van der Waals surface area contributed by atoms with Crippen molar-refractivity contribution in [3.8, 4) is 0 Å². The third kappa shape index (κ3) is 3.29. The Kier molecular flexibility index (Phi) is 4.60. The normalized spacial score (nSPS) is 18.0. The van der Waals surface area contributed by atoms with Gasteiger partial charge < -0.3 is 4.90 Å². The first kappa shape index (κ1) is 17.0. The number of nitrogens with zero attached hydrogens (tertiary/aromatic N) is 2. The van der Waals surface area contributed by atoms with Gasteiger partial charge in [-0.3, -0.25) is 14.5 Å². The Labute approximate surface area is 154 Å². The maximum atomic E-state index is 12.8. The third-order valence-electron chi connectivity index (χ3n) is 5.66. The van der Waals surface area contributed by atoms with E-state index in [0.717, 1.165) is 39.0 Å². The highest BCUT2D eigenvalue weighted by atomic mass is 16.2. The summed E-state index contributed by atoms with van der Waals surface area (Å²) >= 11 is 0. The highest BCUT2D eigenvalue weighted by Gasteiger charge is 2.30. The number of ketones is 1. The van der Waals surface area contributed by atoms with Crippen LogP contribution in [0.25, 0.3) is 0 Å². The van der Waals surface area contributed by atoms with Crippen LogP contribution in [0.4, 0.5) is 0 Å². The standard InChI is InChI=1S/C22H24N2O2/c1-16(25)17-7-4-8-20(13-17)22(26)24-11-9-23(10-12-24)21-14-18-5-2-3-6-19(18)15-21/h2-8,13,21H,9-12,14-15H2,1H3. The van der Waals surface area contributed by atoms with Crippen LogP contribution in [-0.4, -0.2) is 53.7 Å². The van der Waals surface area contributed by atoms with Crippen LogP contribution in [0.2, 0.25) is 0 Å². The van der Waals surface area contributed by atoms with E-state index in [1.54, 1.807) is 24.3 Å². The molecule has 2 aromatic carbocycles. The van der Waals surface area contributed by atoms with Gasteiger partial charge in [0.2, 0.25) is 0 Å². The van der Waals surface area contributed by atoms with Crippen molar-refractivity contribution < 1.29 is 9.59 Å². The lowest BCUT2D eigenvalue weighted by Crippen LogP contribution is -2.52. The smallest absolute Gasteiger partial charge is 0.253 e. The number of fused-ring (bicyclic) bond motifs is 1. The van der Waals surface area contributed by atoms with Crippen LogP contribution >= 0.6 is 0 Å². The molecular weight excluding hydrogens is 324 g/mol. The van der Waals surface area contributed by atoms with E-state index in [9.17, 15) is 9.59 Å². The average Bonchev–Trinajstić information content (AvgIpc) is 3.12. The van der Waals surface area contributed by atoms with Gasteiger partial charge in [-0.1, -0.05) is 36.4 Å². The molecule has 0 unspecified atom stereocenters. The Bertz CT molecular complexity index is 813. The van der Waals surface area contributed by atoms with Gasteiger partial charge in [-0.15, -0.1) is 0 Å². The van der Waals surface area contributed by atoms with Crippen LogP contribution < -0.4 is 0 Å².